The first-order chi connectivity index (χ1) is 9.99. The van der Waals surface area contributed by atoms with Gasteiger partial charge in [-0.05, 0) is 17.5 Å². The Morgan fingerprint density at radius 1 is 1.19 bits per heavy atom. The number of carbonyl (C=O) groups is 1. The monoisotopic (exact) mass is 322 g/mol. The van der Waals surface area contributed by atoms with Gasteiger partial charge in [0.05, 0.1) is 16.6 Å². The highest BCUT2D eigenvalue weighted by Gasteiger charge is 2.19. The molecule has 5 heteroatoms. The van der Waals surface area contributed by atoms with Gasteiger partial charge < -0.3 is 5.32 Å². The summed E-state index contributed by atoms with van der Waals surface area (Å²) in [6.45, 7) is 4.12. The first-order valence-electron chi connectivity index (χ1n) is 6.66. The van der Waals surface area contributed by atoms with Gasteiger partial charge in [-0.25, -0.2) is 4.98 Å². The minimum Gasteiger partial charge on any atom is -0.345 e. The molecule has 2 rings (SSSR count). The molecule has 0 saturated heterocycles. The largest absolute Gasteiger partial charge is 0.345 e. The van der Waals surface area contributed by atoms with Crippen LogP contribution in [0.2, 0.25) is 10.2 Å². The number of amides is 1. The standard InChI is InChI=1S/C16H16Cl2N2O/c1-10(2)14(11-6-4-3-5-7-11)20-16(21)12-8-13(17)15(18)19-9-12/h3-10,14H,1-2H3,(H,20,21). The smallest absolute Gasteiger partial charge is 0.253 e. The van der Waals surface area contributed by atoms with Gasteiger partial charge in [0.25, 0.3) is 5.91 Å². The summed E-state index contributed by atoms with van der Waals surface area (Å²) in [7, 11) is 0. The van der Waals surface area contributed by atoms with Gasteiger partial charge >= 0.3 is 0 Å². The van der Waals surface area contributed by atoms with Crippen LogP contribution in [0.15, 0.2) is 42.6 Å². The van der Waals surface area contributed by atoms with E-state index in [2.05, 4.69) is 24.1 Å². The quantitative estimate of drug-likeness (QED) is 0.841. The molecule has 1 aromatic carbocycles. The minimum atomic E-state index is -0.219. The molecule has 1 unspecified atom stereocenters. The average molecular weight is 323 g/mol. The van der Waals surface area contributed by atoms with Crippen molar-refractivity contribution in [3.8, 4) is 0 Å². The van der Waals surface area contributed by atoms with E-state index in [-0.39, 0.29) is 28.0 Å². The lowest BCUT2D eigenvalue weighted by atomic mass is 9.96. The van der Waals surface area contributed by atoms with E-state index < -0.39 is 0 Å². The summed E-state index contributed by atoms with van der Waals surface area (Å²) >= 11 is 11.7. The van der Waals surface area contributed by atoms with Crippen LogP contribution in [0, 0.1) is 5.92 Å². The fourth-order valence-electron chi connectivity index (χ4n) is 2.07. The number of pyridine rings is 1. The molecule has 0 aliphatic heterocycles. The van der Waals surface area contributed by atoms with Crippen molar-refractivity contribution in [3.63, 3.8) is 0 Å². The Kier molecular flexibility index (Phi) is 5.21. The molecule has 0 radical (unpaired) electrons. The second-order valence-electron chi connectivity index (χ2n) is 5.10. The number of hydrogen-bond acceptors (Lipinski definition) is 2. The molecular weight excluding hydrogens is 307 g/mol. The Hall–Kier alpha value is -1.58. The first-order valence-corrected chi connectivity index (χ1v) is 7.41. The number of aromatic nitrogens is 1. The maximum Gasteiger partial charge on any atom is 0.253 e. The van der Waals surface area contributed by atoms with E-state index in [1.165, 1.54) is 12.3 Å². The Labute approximate surface area is 134 Å². The van der Waals surface area contributed by atoms with E-state index in [4.69, 9.17) is 23.2 Å². The fraction of sp³-hybridized carbons (Fsp3) is 0.250. The molecule has 1 N–H and O–H groups in total. The van der Waals surface area contributed by atoms with Crippen LogP contribution < -0.4 is 5.32 Å². The number of carbonyl (C=O) groups excluding carboxylic acids is 1. The number of hydrogen-bond donors (Lipinski definition) is 1. The molecule has 2 aromatic rings. The van der Waals surface area contributed by atoms with Crippen molar-refractivity contribution in [2.45, 2.75) is 19.9 Å². The molecule has 0 bridgehead atoms. The summed E-state index contributed by atoms with van der Waals surface area (Å²) in [5, 5.41) is 3.48. The van der Waals surface area contributed by atoms with Crippen molar-refractivity contribution in [2.75, 3.05) is 0 Å². The molecule has 110 valence electrons. The predicted molar refractivity (Wildman–Crippen MR) is 85.7 cm³/mol. The lowest BCUT2D eigenvalue weighted by Crippen LogP contribution is -2.31. The third kappa shape index (κ3) is 3.96. The van der Waals surface area contributed by atoms with Gasteiger partial charge in [-0.15, -0.1) is 0 Å². The molecule has 3 nitrogen and oxygen atoms in total. The Morgan fingerprint density at radius 3 is 2.43 bits per heavy atom. The normalized spacial score (nSPS) is 12.2. The van der Waals surface area contributed by atoms with Crippen molar-refractivity contribution < 1.29 is 4.79 Å². The lowest BCUT2D eigenvalue weighted by Gasteiger charge is -2.23. The van der Waals surface area contributed by atoms with Crippen LogP contribution in [-0.2, 0) is 0 Å². The van der Waals surface area contributed by atoms with Crippen molar-refractivity contribution in [2.24, 2.45) is 5.92 Å². The zero-order valence-electron chi connectivity index (χ0n) is 11.8. The number of halogens is 2. The molecule has 1 amide bonds. The van der Waals surface area contributed by atoms with Crippen LogP contribution in [0.25, 0.3) is 0 Å². The van der Waals surface area contributed by atoms with E-state index in [1.807, 2.05) is 30.3 Å². The van der Waals surface area contributed by atoms with Gasteiger partial charge in [0.15, 0.2) is 0 Å². The molecule has 0 aliphatic carbocycles. The zero-order valence-corrected chi connectivity index (χ0v) is 13.3. The number of rotatable bonds is 4. The molecule has 0 saturated carbocycles. The van der Waals surface area contributed by atoms with Gasteiger partial charge in [0.1, 0.15) is 5.15 Å². The van der Waals surface area contributed by atoms with Crippen molar-refractivity contribution in [1.82, 2.24) is 10.3 Å². The zero-order chi connectivity index (χ0) is 15.4. The van der Waals surface area contributed by atoms with E-state index >= 15 is 0 Å². The van der Waals surface area contributed by atoms with E-state index in [0.29, 0.717) is 5.56 Å². The van der Waals surface area contributed by atoms with Gasteiger partial charge in [0, 0.05) is 6.20 Å². The maximum atomic E-state index is 12.3. The molecule has 21 heavy (non-hydrogen) atoms. The van der Waals surface area contributed by atoms with Crippen LogP contribution in [-0.4, -0.2) is 10.9 Å². The topological polar surface area (TPSA) is 42.0 Å². The van der Waals surface area contributed by atoms with Crippen LogP contribution in [0.4, 0.5) is 0 Å². The Bertz CT molecular complexity index is 629. The van der Waals surface area contributed by atoms with Gasteiger partial charge in [-0.1, -0.05) is 67.4 Å². The summed E-state index contributed by atoms with van der Waals surface area (Å²) < 4.78 is 0. The minimum absolute atomic E-state index is 0.0758. The summed E-state index contributed by atoms with van der Waals surface area (Å²) in [6.07, 6.45) is 1.42. The second kappa shape index (κ2) is 6.92. The van der Waals surface area contributed by atoms with Gasteiger partial charge in [-0.2, -0.15) is 0 Å². The second-order valence-corrected chi connectivity index (χ2v) is 5.87. The summed E-state index contributed by atoms with van der Waals surface area (Å²) in [4.78, 5) is 16.2. The SMILES string of the molecule is CC(C)C(NC(=O)c1cnc(Cl)c(Cl)c1)c1ccccc1. The molecule has 1 aromatic heterocycles. The van der Waals surface area contributed by atoms with Gasteiger partial charge in [-0.3, -0.25) is 4.79 Å². The first kappa shape index (κ1) is 15.8. The molecule has 0 fully saturated rings. The fourth-order valence-corrected chi connectivity index (χ4v) is 2.33. The third-order valence-electron chi connectivity index (χ3n) is 3.17. The molecular formula is C16H16Cl2N2O. The highest BCUT2D eigenvalue weighted by molar-refractivity contribution is 6.41. The Balaban J connectivity index is 2.21. The molecule has 0 spiro atoms. The maximum absolute atomic E-state index is 12.3. The third-order valence-corrected chi connectivity index (χ3v) is 3.86. The van der Waals surface area contributed by atoms with Crippen molar-refractivity contribution in [3.05, 3.63) is 63.9 Å². The van der Waals surface area contributed by atoms with E-state index in [9.17, 15) is 4.79 Å². The van der Waals surface area contributed by atoms with Crippen LogP contribution >= 0.6 is 23.2 Å². The lowest BCUT2D eigenvalue weighted by molar-refractivity contribution is 0.0925. The van der Waals surface area contributed by atoms with Crippen molar-refractivity contribution >= 4 is 29.1 Å². The van der Waals surface area contributed by atoms with Crippen molar-refractivity contribution in [1.29, 1.82) is 0 Å². The molecule has 1 heterocycles. The van der Waals surface area contributed by atoms with E-state index in [0.717, 1.165) is 5.56 Å². The summed E-state index contributed by atoms with van der Waals surface area (Å²) in [5.74, 6) is 0.0377. The van der Waals surface area contributed by atoms with Crippen LogP contribution in [0.3, 0.4) is 0 Å². The predicted octanol–water partition coefficient (Wildman–Crippen LogP) is 4.52. The van der Waals surface area contributed by atoms with Crippen LogP contribution in [0.5, 0.6) is 0 Å². The molecule has 0 aliphatic rings. The average Bonchev–Trinajstić information content (AvgIpc) is 2.48. The van der Waals surface area contributed by atoms with Crippen LogP contribution in [0.1, 0.15) is 35.8 Å². The highest BCUT2D eigenvalue weighted by atomic mass is 35.5. The van der Waals surface area contributed by atoms with E-state index in [1.54, 1.807) is 0 Å². The Morgan fingerprint density at radius 2 is 1.86 bits per heavy atom. The van der Waals surface area contributed by atoms with Gasteiger partial charge in [0.2, 0.25) is 0 Å². The molecule has 1 atom stereocenters. The summed E-state index contributed by atoms with van der Waals surface area (Å²) in [5.41, 5.74) is 1.46. The number of benzene rings is 1. The number of nitrogens with zero attached hydrogens (tertiary/aromatic N) is 1. The highest BCUT2D eigenvalue weighted by Crippen LogP contribution is 2.23. The number of nitrogens with one attached hydrogen (secondary N) is 1. The summed E-state index contributed by atoms with van der Waals surface area (Å²) in [6, 6.07) is 11.3.